The quantitative estimate of drug-likeness (QED) is 0.552. The van der Waals surface area contributed by atoms with Gasteiger partial charge in [0.15, 0.2) is 0 Å². The van der Waals surface area contributed by atoms with Crippen molar-refractivity contribution < 1.29 is 4.42 Å². The smallest absolute Gasteiger partial charge is 0.336 e. The molecular formula is C19H15NO2. The number of rotatable bonds is 2. The van der Waals surface area contributed by atoms with Crippen LogP contribution in [0.5, 0.6) is 0 Å². The minimum absolute atomic E-state index is 0.324. The zero-order valence-corrected chi connectivity index (χ0v) is 12.2. The first kappa shape index (κ1) is 12.9. The average molecular weight is 289 g/mol. The number of aromatic amines is 1. The van der Waals surface area contributed by atoms with Gasteiger partial charge in [0.05, 0.1) is 0 Å². The molecule has 0 spiro atoms. The van der Waals surface area contributed by atoms with Crippen LogP contribution in [0.15, 0.2) is 63.9 Å². The molecule has 0 aliphatic carbocycles. The summed E-state index contributed by atoms with van der Waals surface area (Å²) in [6.45, 7) is 2.14. The third kappa shape index (κ3) is 1.86. The molecule has 0 fully saturated rings. The number of benzene rings is 2. The molecule has 0 atom stereocenters. The van der Waals surface area contributed by atoms with Crippen LogP contribution in [0.1, 0.15) is 12.5 Å². The number of aryl methyl sites for hydroxylation is 1. The predicted molar refractivity (Wildman–Crippen MR) is 89.2 cm³/mol. The van der Waals surface area contributed by atoms with Crippen molar-refractivity contribution in [3.05, 3.63) is 70.7 Å². The summed E-state index contributed by atoms with van der Waals surface area (Å²) in [6, 6.07) is 15.5. The molecule has 4 aromatic rings. The van der Waals surface area contributed by atoms with Crippen molar-refractivity contribution in [3.63, 3.8) is 0 Å². The van der Waals surface area contributed by atoms with Crippen LogP contribution in [0, 0.1) is 0 Å². The van der Waals surface area contributed by atoms with Crippen molar-refractivity contribution >= 4 is 21.9 Å². The summed E-state index contributed by atoms with van der Waals surface area (Å²) in [5, 5.41) is 2.08. The number of H-pyrrole nitrogens is 1. The van der Waals surface area contributed by atoms with Gasteiger partial charge in [0, 0.05) is 39.7 Å². The van der Waals surface area contributed by atoms with Gasteiger partial charge in [-0.25, -0.2) is 4.79 Å². The molecule has 0 amide bonds. The van der Waals surface area contributed by atoms with Gasteiger partial charge in [0.2, 0.25) is 0 Å². The van der Waals surface area contributed by atoms with Crippen LogP contribution in [-0.4, -0.2) is 4.98 Å². The van der Waals surface area contributed by atoms with Gasteiger partial charge in [-0.2, -0.15) is 0 Å². The Hall–Kier alpha value is -2.81. The normalized spacial score (nSPS) is 11.3. The van der Waals surface area contributed by atoms with E-state index >= 15 is 0 Å². The lowest BCUT2D eigenvalue weighted by Gasteiger charge is -2.05. The van der Waals surface area contributed by atoms with Crippen molar-refractivity contribution in [2.24, 2.45) is 0 Å². The van der Waals surface area contributed by atoms with Crippen molar-refractivity contribution in [1.82, 2.24) is 4.98 Å². The van der Waals surface area contributed by atoms with Crippen molar-refractivity contribution in [2.75, 3.05) is 0 Å². The molecule has 0 saturated carbocycles. The van der Waals surface area contributed by atoms with Gasteiger partial charge in [0.25, 0.3) is 0 Å². The minimum Gasteiger partial charge on any atom is -0.423 e. The fourth-order valence-electron chi connectivity index (χ4n) is 3.07. The van der Waals surface area contributed by atoms with Crippen LogP contribution in [0.4, 0.5) is 0 Å². The lowest BCUT2D eigenvalue weighted by Crippen LogP contribution is -1.97. The summed E-state index contributed by atoms with van der Waals surface area (Å²) >= 11 is 0. The number of aromatic nitrogens is 1. The second kappa shape index (κ2) is 4.88. The molecule has 0 aliphatic rings. The van der Waals surface area contributed by atoms with E-state index < -0.39 is 0 Å². The molecule has 2 aromatic carbocycles. The molecule has 108 valence electrons. The SMILES string of the molecule is CCc1cccc2c(-c3cc(=O)oc4ccccc34)c[nH]c12. The highest BCUT2D eigenvalue weighted by atomic mass is 16.4. The van der Waals surface area contributed by atoms with Gasteiger partial charge >= 0.3 is 5.63 Å². The summed E-state index contributed by atoms with van der Waals surface area (Å²) in [7, 11) is 0. The third-order valence-electron chi connectivity index (χ3n) is 4.12. The topological polar surface area (TPSA) is 46.0 Å². The molecular weight excluding hydrogens is 274 g/mol. The summed E-state index contributed by atoms with van der Waals surface area (Å²) < 4.78 is 5.29. The average Bonchev–Trinajstić information content (AvgIpc) is 2.97. The monoisotopic (exact) mass is 289 g/mol. The highest BCUT2D eigenvalue weighted by Gasteiger charge is 2.12. The Bertz CT molecular complexity index is 1040. The maximum absolute atomic E-state index is 11.9. The van der Waals surface area contributed by atoms with Crippen molar-refractivity contribution in [1.29, 1.82) is 0 Å². The van der Waals surface area contributed by atoms with Gasteiger partial charge in [0.1, 0.15) is 5.58 Å². The molecule has 3 heteroatoms. The minimum atomic E-state index is -0.324. The van der Waals surface area contributed by atoms with Crippen LogP contribution in [-0.2, 0) is 6.42 Å². The maximum Gasteiger partial charge on any atom is 0.336 e. The van der Waals surface area contributed by atoms with Crippen LogP contribution in [0.3, 0.4) is 0 Å². The number of hydrogen-bond donors (Lipinski definition) is 1. The summed E-state index contributed by atoms with van der Waals surface area (Å²) in [4.78, 5) is 15.2. The summed E-state index contributed by atoms with van der Waals surface area (Å²) in [5.74, 6) is 0. The van der Waals surface area contributed by atoms with Gasteiger partial charge in [-0.05, 0) is 18.1 Å². The second-order valence-corrected chi connectivity index (χ2v) is 5.37. The Morgan fingerprint density at radius 1 is 1.00 bits per heavy atom. The van der Waals surface area contributed by atoms with Crippen molar-refractivity contribution in [3.8, 4) is 11.1 Å². The molecule has 0 bridgehead atoms. The van der Waals surface area contributed by atoms with E-state index in [-0.39, 0.29) is 5.63 Å². The standard InChI is InChI=1S/C19H15NO2/c1-2-12-6-5-8-14-16(11-20-19(12)14)15-10-18(21)22-17-9-4-3-7-13(15)17/h3-11,20H,2H2,1H3. The van der Waals surface area contributed by atoms with E-state index in [9.17, 15) is 4.79 Å². The number of nitrogens with one attached hydrogen (secondary N) is 1. The molecule has 3 nitrogen and oxygen atoms in total. The lowest BCUT2D eigenvalue weighted by molar-refractivity contribution is 0.561. The van der Waals surface area contributed by atoms with Gasteiger partial charge in [-0.15, -0.1) is 0 Å². The number of hydrogen-bond acceptors (Lipinski definition) is 2. The molecule has 0 unspecified atom stereocenters. The van der Waals surface area contributed by atoms with Crippen LogP contribution in [0.25, 0.3) is 33.0 Å². The molecule has 2 aromatic heterocycles. The zero-order valence-electron chi connectivity index (χ0n) is 12.2. The predicted octanol–water partition coefficient (Wildman–Crippen LogP) is 4.50. The second-order valence-electron chi connectivity index (χ2n) is 5.37. The zero-order chi connectivity index (χ0) is 15.1. The lowest BCUT2D eigenvalue weighted by atomic mass is 10.00. The van der Waals surface area contributed by atoms with E-state index in [1.54, 1.807) is 6.07 Å². The molecule has 4 rings (SSSR count). The Morgan fingerprint density at radius 2 is 1.82 bits per heavy atom. The van der Waals surface area contributed by atoms with E-state index in [0.29, 0.717) is 5.58 Å². The number of para-hydroxylation sites is 2. The van der Waals surface area contributed by atoms with E-state index in [4.69, 9.17) is 4.42 Å². The van der Waals surface area contributed by atoms with E-state index in [1.807, 2.05) is 30.5 Å². The van der Waals surface area contributed by atoms with Crippen LogP contribution < -0.4 is 5.63 Å². The first-order valence-electron chi connectivity index (χ1n) is 7.40. The fraction of sp³-hybridized carbons (Fsp3) is 0.105. The first-order chi connectivity index (χ1) is 10.8. The van der Waals surface area contributed by atoms with Gasteiger partial charge < -0.3 is 9.40 Å². The van der Waals surface area contributed by atoms with Gasteiger partial charge in [-0.3, -0.25) is 0 Å². The molecule has 22 heavy (non-hydrogen) atoms. The first-order valence-corrected chi connectivity index (χ1v) is 7.40. The largest absolute Gasteiger partial charge is 0.423 e. The Labute approximate surface area is 127 Å². The summed E-state index contributed by atoms with van der Waals surface area (Å²) in [6.07, 6.45) is 2.94. The molecule has 0 radical (unpaired) electrons. The summed E-state index contributed by atoms with van der Waals surface area (Å²) in [5.41, 5.74) is 4.65. The molecule has 2 heterocycles. The highest BCUT2D eigenvalue weighted by molar-refractivity contribution is 6.04. The van der Waals surface area contributed by atoms with Crippen LogP contribution in [0.2, 0.25) is 0 Å². The van der Waals surface area contributed by atoms with E-state index in [1.165, 1.54) is 5.56 Å². The fourth-order valence-corrected chi connectivity index (χ4v) is 3.07. The Morgan fingerprint density at radius 3 is 2.68 bits per heavy atom. The maximum atomic E-state index is 11.9. The van der Waals surface area contributed by atoms with E-state index in [2.05, 4.69) is 30.1 Å². The Kier molecular flexibility index (Phi) is 2.86. The van der Waals surface area contributed by atoms with Crippen molar-refractivity contribution in [2.45, 2.75) is 13.3 Å². The molecule has 0 saturated heterocycles. The molecule has 1 N–H and O–H groups in total. The van der Waals surface area contributed by atoms with Crippen LogP contribution >= 0.6 is 0 Å². The Balaban J connectivity index is 2.10. The van der Waals surface area contributed by atoms with Gasteiger partial charge in [-0.1, -0.05) is 43.3 Å². The third-order valence-corrected chi connectivity index (χ3v) is 4.12. The molecule has 0 aliphatic heterocycles. The highest BCUT2D eigenvalue weighted by Crippen LogP contribution is 2.34. The number of fused-ring (bicyclic) bond motifs is 2. The van der Waals surface area contributed by atoms with E-state index in [0.717, 1.165) is 33.8 Å².